The van der Waals surface area contributed by atoms with Crippen molar-refractivity contribution in [2.45, 2.75) is 38.1 Å². The largest absolute Gasteiger partial charge is 0.325 e. The number of halogens is 1. The smallest absolute Gasteiger partial charge is 0.231 e. The van der Waals surface area contributed by atoms with Gasteiger partial charge in [-0.2, -0.15) is 0 Å². The second kappa shape index (κ2) is 7.43. The molecule has 1 amide bonds. The summed E-state index contributed by atoms with van der Waals surface area (Å²) in [6.07, 6.45) is 5.73. The molecule has 1 aromatic carbocycles. The molecule has 4 nitrogen and oxygen atoms in total. The Labute approximate surface area is 146 Å². The van der Waals surface area contributed by atoms with E-state index in [2.05, 4.69) is 10.3 Å². The van der Waals surface area contributed by atoms with Crippen molar-refractivity contribution in [2.24, 2.45) is 11.7 Å². The van der Waals surface area contributed by atoms with Gasteiger partial charge in [0.05, 0.1) is 10.8 Å². The van der Waals surface area contributed by atoms with Crippen LogP contribution in [-0.2, 0) is 4.79 Å². The number of anilines is 1. The van der Waals surface area contributed by atoms with Crippen molar-refractivity contribution in [2.75, 3.05) is 5.32 Å². The van der Waals surface area contributed by atoms with E-state index in [1.807, 2.05) is 37.3 Å². The molecule has 0 aliphatic heterocycles. The van der Waals surface area contributed by atoms with Crippen molar-refractivity contribution in [3.8, 4) is 10.4 Å². The van der Waals surface area contributed by atoms with Gasteiger partial charge >= 0.3 is 0 Å². The van der Waals surface area contributed by atoms with E-state index in [1.54, 1.807) is 6.20 Å². The Morgan fingerprint density at radius 2 is 2.09 bits per heavy atom. The first-order chi connectivity index (χ1) is 10.6. The quantitative estimate of drug-likeness (QED) is 0.875. The van der Waals surface area contributed by atoms with Gasteiger partial charge in [-0.05, 0) is 25.3 Å². The number of benzene rings is 1. The Bertz CT molecular complexity index is 657. The van der Waals surface area contributed by atoms with Crippen LogP contribution in [0.4, 0.5) is 5.13 Å². The Kier molecular flexibility index (Phi) is 5.79. The van der Waals surface area contributed by atoms with E-state index >= 15 is 0 Å². The average Bonchev–Trinajstić information content (AvgIpc) is 2.96. The molecule has 124 valence electrons. The fourth-order valence-electron chi connectivity index (χ4n) is 3.05. The van der Waals surface area contributed by atoms with Crippen LogP contribution in [0.5, 0.6) is 0 Å². The summed E-state index contributed by atoms with van der Waals surface area (Å²) < 4.78 is 0. The molecule has 0 spiro atoms. The molecule has 2 atom stereocenters. The minimum Gasteiger partial charge on any atom is -0.325 e. The number of carbonyl (C=O) groups is 1. The molecule has 3 N–H and O–H groups in total. The maximum Gasteiger partial charge on any atom is 0.231 e. The first-order valence-corrected chi connectivity index (χ1v) is 8.49. The first-order valence-electron chi connectivity index (χ1n) is 7.67. The van der Waals surface area contributed by atoms with Crippen molar-refractivity contribution < 1.29 is 4.79 Å². The van der Waals surface area contributed by atoms with E-state index in [-0.39, 0.29) is 24.2 Å². The molecule has 1 heterocycles. The van der Waals surface area contributed by atoms with Gasteiger partial charge in [0.2, 0.25) is 5.91 Å². The minimum absolute atomic E-state index is 0. The summed E-state index contributed by atoms with van der Waals surface area (Å²) in [6, 6.07) is 10.1. The summed E-state index contributed by atoms with van der Waals surface area (Å²) in [5.74, 6) is -0.135. The van der Waals surface area contributed by atoms with Crippen LogP contribution in [0.1, 0.15) is 32.6 Å². The number of hydrogen-bond acceptors (Lipinski definition) is 4. The molecule has 1 aromatic heterocycles. The third-order valence-electron chi connectivity index (χ3n) is 4.36. The number of nitrogens with zero attached hydrogens (tertiary/aromatic N) is 1. The molecule has 0 saturated heterocycles. The topological polar surface area (TPSA) is 68.0 Å². The molecule has 3 rings (SSSR count). The van der Waals surface area contributed by atoms with Crippen LogP contribution in [0.2, 0.25) is 0 Å². The molecular formula is C17H22ClN3OS. The normalized spacial score (nSPS) is 23.8. The summed E-state index contributed by atoms with van der Waals surface area (Å²) in [5.41, 5.74) is 6.99. The molecule has 23 heavy (non-hydrogen) atoms. The molecule has 2 aromatic rings. The molecule has 0 bridgehead atoms. The zero-order valence-electron chi connectivity index (χ0n) is 13.1. The van der Waals surface area contributed by atoms with E-state index in [0.29, 0.717) is 5.13 Å². The Balaban J connectivity index is 0.00000192. The lowest BCUT2D eigenvalue weighted by atomic mass is 9.74. The Hall–Kier alpha value is -1.43. The van der Waals surface area contributed by atoms with Crippen molar-refractivity contribution in [3.63, 3.8) is 0 Å². The highest BCUT2D eigenvalue weighted by atomic mass is 35.5. The zero-order chi connectivity index (χ0) is 15.6. The highest BCUT2D eigenvalue weighted by Gasteiger charge is 2.38. The molecule has 1 aliphatic carbocycles. The summed E-state index contributed by atoms with van der Waals surface area (Å²) in [5, 5.41) is 3.59. The van der Waals surface area contributed by atoms with Crippen LogP contribution in [0.15, 0.2) is 36.5 Å². The van der Waals surface area contributed by atoms with Crippen LogP contribution in [0.3, 0.4) is 0 Å². The van der Waals surface area contributed by atoms with Gasteiger partial charge in [0.25, 0.3) is 0 Å². The molecule has 1 aliphatic rings. The summed E-state index contributed by atoms with van der Waals surface area (Å²) in [7, 11) is 0. The number of hydrogen-bond donors (Lipinski definition) is 2. The maximum atomic E-state index is 12.5. The lowest BCUT2D eigenvalue weighted by Gasteiger charge is -2.36. The van der Waals surface area contributed by atoms with Crippen molar-refractivity contribution in [3.05, 3.63) is 36.5 Å². The van der Waals surface area contributed by atoms with E-state index in [9.17, 15) is 4.79 Å². The number of aromatic nitrogens is 1. The van der Waals surface area contributed by atoms with E-state index in [4.69, 9.17) is 5.73 Å². The van der Waals surface area contributed by atoms with Gasteiger partial charge in [-0.15, -0.1) is 12.4 Å². The second-order valence-corrected chi connectivity index (χ2v) is 7.22. The average molecular weight is 352 g/mol. The number of nitrogens with one attached hydrogen (secondary N) is 1. The zero-order valence-corrected chi connectivity index (χ0v) is 14.8. The molecule has 6 heteroatoms. The standard InChI is InChI=1S/C17H21N3OS.ClH/c1-17(18)10-6-5-9-13(17)15(21)20-16-19-11-14(22-16)12-7-3-2-4-8-12;/h2-4,7-8,11,13H,5-6,9-10,18H2,1H3,(H,19,20,21);1H. The van der Waals surface area contributed by atoms with Gasteiger partial charge in [0.1, 0.15) is 0 Å². The number of carbonyl (C=O) groups excluding carboxylic acids is 1. The number of rotatable bonds is 3. The fraction of sp³-hybridized carbons (Fsp3) is 0.412. The van der Waals surface area contributed by atoms with Gasteiger partial charge in [-0.25, -0.2) is 4.98 Å². The number of amides is 1. The summed E-state index contributed by atoms with van der Waals surface area (Å²) in [4.78, 5) is 17.9. The van der Waals surface area contributed by atoms with Crippen LogP contribution in [0, 0.1) is 5.92 Å². The van der Waals surface area contributed by atoms with Gasteiger partial charge in [0, 0.05) is 11.7 Å². The Morgan fingerprint density at radius 3 is 2.78 bits per heavy atom. The molecule has 1 saturated carbocycles. The lowest BCUT2D eigenvalue weighted by molar-refractivity contribution is -0.122. The highest BCUT2D eigenvalue weighted by Crippen LogP contribution is 2.34. The van der Waals surface area contributed by atoms with Gasteiger partial charge in [0.15, 0.2) is 5.13 Å². The number of thiazole rings is 1. The highest BCUT2D eigenvalue weighted by molar-refractivity contribution is 7.19. The second-order valence-electron chi connectivity index (χ2n) is 6.19. The van der Waals surface area contributed by atoms with Crippen LogP contribution >= 0.6 is 23.7 Å². The summed E-state index contributed by atoms with van der Waals surface area (Å²) in [6.45, 7) is 1.98. The van der Waals surface area contributed by atoms with Crippen molar-refractivity contribution >= 4 is 34.8 Å². The van der Waals surface area contributed by atoms with Crippen molar-refractivity contribution in [1.82, 2.24) is 4.98 Å². The van der Waals surface area contributed by atoms with Crippen LogP contribution < -0.4 is 11.1 Å². The van der Waals surface area contributed by atoms with Crippen LogP contribution in [0.25, 0.3) is 10.4 Å². The van der Waals surface area contributed by atoms with E-state index in [1.165, 1.54) is 11.3 Å². The third kappa shape index (κ3) is 4.10. The molecular weight excluding hydrogens is 330 g/mol. The Morgan fingerprint density at radius 1 is 1.35 bits per heavy atom. The minimum atomic E-state index is -0.415. The monoisotopic (exact) mass is 351 g/mol. The van der Waals surface area contributed by atoms with Crippen molar-refractivity contribution in [1.29, 1.82) is 0 Å². The predicted molar refractivity (Wildman–Crippen MR) is 98.0 cm³/mol. The lowest BCUT2D eigenvalue weighted by Crippen LogP contribution is -2.51. The van der Waals surface area contributed by atoms with E-state index in [0.717, 1.165) is 36.1 Å². The van der Waals surface area contributed by atoms with Gasteiger partial charge < -0.3 is 11.1 Å². The number of nitrogens with two attached hydrogens (primary N) is 1. The first kappa shape index (κ1) is 17.9. The molecule has 1 fully saturated rings. The summed E-state index contributed by atoms with van der Waals surface area (Å²) >= 11 is 1.49. The predicted octanol–water partition coefficient (Wildman–Crippen LogP) is 4.08. The molecule has 0 radical (unpaired) electrons. The van der Waals surface area contributed by atoms with Gasteiger partial charge in [-0.1, -0.05) is 54.5 Å². The maximum absolute atomic E-state index is 12.5. The van der Waals surface area contributed by atoms with Crippen LogP contribution in [-0.4, -0.2) is 16.4 Å². The van der Waals surface area contributed by atoms with Gasteiger partial charge in [-0.3, -0.25) is 4.79 Å². The molecule has 2 unspecified atom stereocenters. The fourth-order valence-corrected chi connectivity index (χ4v) is 3.87. The SMILES string of the molecule is CC1(N)CCCCC1C(=O)Nc1ncc(-c2ccccc2)s1.Cl. The third-order valence-corrected chi connectivity index (χ3v) is 5.33. The van der Waals surface area contributed by atoms with E-state index < -0.39 is 5.54 Å².